The molecule has 2 aliphatic heterocycles. The number of amides is 1. The molecule has 6 nitrogen and oxygen atoms in total. The van der Waals surface area contributed by atoms with Crippen LogP contribution >= 0.6 is 0 Å². The molecule has 1 aromatic heterocycles. The Morgan fingerprint density at radius 1 is 1.30 bits per heavy atom. The maximum Gasteiger partial charge on any atom is 0.231 e. The zero-order valence-corrected chi connectivity index (χ0v) is 16.3. The number of hydrogen-bond acceptors (Lipinski definition) is 5. The number of rotatable bonds is 4. The summed E-state index contributed by atoms with van der Waals surface area (Å²) < 4.78 is 30.0. The van der Waals surface area contributed by atoms with Gasteiger partial charge in [-0.3, -0.25) is 9.78 Å². The highest BCUT2D eigenvalue weighted by Crippen LogP contribution is 2.37. The number of fused-ring (bicyclic) bond motifs is 2. The van der Waals surface area contributed by atoms with E-state index in [1.807, 2.05) is 18.2 Å². The van der Waals surface area contributed by atoms with Crippen molar-refractivity contribution in [2.24, 2.45) is 0 Å². The van der Waals surface area contributed by atoms with E-state index in [0.717, 1.165) is 33.5 Å². The zero-order chi connectivity index (χ0) is 19.2. The first-order chi connectivity index (χ1) is 12.9. The molecule has 0 radical (unpaired) electrons. The maximum absolute atomic E-state index is 12.1. The first-order valence-electron chi connectivity index (χ1n) is 9.04. The molecule has 142 valence electrons. The van der Waals surface area contributed by atoms with Crippen molar-refractivity contribution >= 4 is 21.4 Å². The molecule has 0 saturated carbocycles. The summed E-state index contributed by atoms with van der Waals surface area (Å²) in [6, 6.07) is 5.97. The third kappa shape index (κ3) is 3.26. The van der Waals surface area contributed by atoms with Crippen LogP contribution in [0.2, 0.25) is 0 Å². The minimum atomic E-state index is -3.11. The van der Waals surface area contributed by atoms with E-state index in [2.05, 4.69) is 4.98 Å². The highest BCUT2D eigenvalue weighted by Gasteiger charge is 2.29. The van der Waals surface area contributed by atoms with Crippen molar-refractivity contribution in [2.45, 2.75) is 25.9 Å². The van der Waals surface area contributed by atoms with E-state index in [1.54, 1.807) is 31.3 Å². The van der Waals surface area contributed by atoms with Crippen molar-refractivity contribution in [1.29, 1.82) is 0 Å². The number of nitrogens with zero attached hydrogens (tertiary/aromatic N) is 2. The smallest absolute Gasteiger partial charge is 0.231 e. The number of sulfone groups is 1. The summed E-state index contributed by atoms with van der Waals surface area (Å²) in [5.74, 6) is 0.0838. The van der Waals surface area contributed by atoms with Gasteiger partial charge in [0.15, 0.2) is 9.84 Å². The van der Waals surface area contributed by atoms with Crippen LogP contribution in [0.3, 0.4) is 0 Å². The Bertz CT molecular complexity index is 1020. The minimum Gasteiger partial charge on any atom is -0.376 e. The Balaban J connectivity index is 1.74. The molecule has 1 atom stereocenters. The number of aromatic nitrogens is 1. The first kappa shape index (κ1) is 18.1. The Morgan fingerprint density at radius 2 is 2.11 bits per heavy atom. The molecule has 1 aromatic carbocycles. The molecule has 0 aliphatic carbocycles. The zero-order valence-electron chi connectivity index (χ0n) is 15.4. The number of carbonyl (C=O) groups excluding carboxylic acids is 1. The van der Waals surface area contributed by atoms with Gasteiger partial charge in [0, 0.05) is 42.4 Å². The highest BCUT2D eigenvalue weighted by molar-refractivity contribution is 7.91. The SMILES string of the molecule is CCS(=O)(=O)CC1COCc2c(-c3ccc4c(c3)CC(=O)N4C)cncc21. The molecule has 27 heavy (non-hydrogen) atoms. The fourth-order valence-electron chi connectivity index (χ4n) is 3.86. The van der Waals surface area contributed by atoms with Gasteiger partial charge in [-0.05, 0) is 34.4 Å². The molecule has 0 spiro atoms. The standard InChI is InChI=1S/C20H22N2O4S/c1-3-27(24,25)12-15-10-26-11-18-16(8-21-9-17(15)18)13-4-5-19-14(6-13)7-20(23)22(19)2/h4-6,8-9,15H,3,7,10-12H2,1-2H3. The summed E-state index contributed by atoms with van der Waals surface area (Å²) in [6.45, 7) is 2.49. The van der Waals surface area contributed by atoms with Crippen molar-refractivity contribution in [2.75, 3.05) is 30.1 Å². The summed E-state index contributed by atoms with van der Waals surface area (Å²) in [7, 11) is -1.33. The maximum atomic E-state index is 12.1. The molecule has 0 N–H and O–H groups in total. The predicted octanol–water partition coefficient (Wildman–Crippen LogP) is 2.32. The average Bonchev–Trinajstić information content (AvgIpc) is 2.95. The Morgan fingerprint density at radius 3 is 2.89 bits per heavy atom. The van der Waals surface area contributed by atoms with Crippen LogP contribution in [0.5, 0.6) is 0 Å². The minimum absolute atomic E-state index is 0.0745. The molecule has 0 fully saturated rings. The van der Waals surface area contributed by atoms with Crippen molar-refractivity contribution in [3.63, 3.8) is 0 Å². The van der Waals surface area contributed by atoms with Gasteiger partial charge in [-0.25, -0.2) is 8.42 Å². The fourth-order valence-corrected chi connectivity index (χ4v) is 4.98. The summed E-state index contributed by atoms with van der Waals surface area (Å²) in [4.78, 5) is 18.0. The first-order valence-corrected chi connectivity index (χ1v) is 10.9. The summed E-state index contributed by atoms with van der Waals surface area (Å²) >= 11 is 0. The fraction of sp³-hybridized carbons (Fsp3) is 0.400. The van der Waals surface area contributed by atoms with Crippen molar-refractivity contribution in [3.8, 4) is 11.1 Å². The monoisotopic (exact) mass is 386 g/mol. The third-order valence-electron chi connectivity index (χ3n) is 5.46. The lowest BCUT2D eigenvalue weighted by Gasteiger charge is -2.27. The molecule has 3 heterocycles. The van der Waals surface area contributed by atoms with Crippen LogP contribution < -0.4 is 4.90 Å². The van der Waals surface area contributed by atoms with Crippen molar-refractivity contribution in [3.05, 3.63) is 47.3 Å². The van der Waals surface area contributed by atoms with Gasteiger partial charge in [0.2, 0.25) is 5.91 Å². The quantitative estimate of drug-likeness (QED) is 0.806. The second-order valence-corrected chi connectivity index (χ2v) is 9.54. The van der Waals surface area contributed by atoms with E-state index in [1.165, 1.54) is 0 Å². The normalized spacial score (nSPS) is 19.1. The lowest BCUT2D eigenvalue weighted by molar-refractivity contribution is -0.117. The highest BCUT2D eigenvalue weighted by atomic mass is 32.2. The molecule has 4 rings (SSSR count). The molecule has 0 saturated heterocycles. The van der Waals surface area contributed by atoms with Gasteiger partial charge in [0.1, 0.15) is 0 Å². The number of likely N-dealkylation sites (N-methyl/N-ethyl adjacent to an activating group) is 1. The number of hydrogen-bond donors (Lipinski definition) is 0. The second-order valence-electron chi connectivity index (χ2n) is 7.14. The summed E-state index contributed by atoms with van der Waals surface area (Å²) in [5.41, 5.74) is 5.79. The predicted molar refractivity (Wildman–Crippen MR) is 104 cm³/mol. The molecule has 1 unspecified atom stereocenters. The van der Waals surface area contributed by atoms with Gasteiger partial charge >= 0.3 is 0 Å². The van der Waals surface area contributed by atoms with Gasteiger partial charge < -0.3 is 9.64 Å². The van der Waals surface area contributed by atoms with Crippen molar-refractivity contribution < 1.29 is 17.9 Å². The van der Waals surface area contributed by atoms with Gasteiger partial charge in [0.25, 0.3) is 0 Å². The number of pyridine rings is 1. The van der Waals surface area contributed by atoms with Crippen LogP contribution in [-0.4, -0.2) is 44.5 Å². The molecule has 2 aliphatic rings. The Kier molecular flexibility index (Phi) is 4.52. The van der Waals surface area contributed by atoms with Gasteiger partial charge in [0.05, 0.1) is 25.4 Å². The number of anilines is 1. The molecule has 7 heteroatoms. The van der Waals surface area contributed by atoms with Crippen LogP contribution in [-0.2, 0) is 32.4 Å². The van der Waals surface area contributed by atoms with Crippen LogP contribution in [0.4, 0.5) is 5.69 Å². The van der Waals surface area contributed by atoms with E-state index in [0.29, 0.717) is 19.6 Å². The van der Waals surface area contributed by atoms with E-state index < -0.39 is 9.84 Å². The molecule has 2 aromatic rings. The van der Waals surface area contributed by atoms with Gasteiger partial charge in [-0.2, -0.15) is 0 Å². The largest absolute Gasteiger partial charge is 0.376 e. The van der Waals surface area contributed by atoms with Crippen LogP contribution in [0.15, 0.2) is 30.6 Å². The third-order valence-corrected chi connectivity index (χ3v) is 7.25. The molecule has 1 amide bonds. The Hall–Kier alpha value is -2.25. The van der Waals surface area contributed by atoms with Crippen LogP contribution in [0, 0.1) is 0 Å². The number of benzene rings is 1. The van der Waals surface area contributed by atoms with Crippen LogP contribution in [0.1, 0.15) is 29.5 Å². The number of carbonyl (C=O) groups is 1. The second kappa shape index (κ2) is 6.73. The van der Waals surface area contributed by atoms with Crippen LogP contribution in [0.25, 0.3) is 11.1 Å². The lowest BCUT2D eigenvalue weighted by atomic mass is 9.90. The van der Waals surface area contributed by atoms with Gasteiger partial charge in [-0.15, -0.1) is 0 Å². The van der Waals surface area contributed by atoms with E-state index >= 15 is 0 Å². The van der Waals surface area contributed by atoms with Crippen molar-refractivity contribution in [1.82, 2.24) is 4.98 Å². The number of ether oxygens (including phenoxy) is 1. The summed E-state index contributed by atoms with van der Waals surface area (Å²) in [6.07, 6.45) is 3.96. The topological polar surface area (TPSA) is 76.6 Å². The van der Waals surface area contributed by atoms with E-state index in [-0.39, 0.29) is 23.3 Å². The van der Waals surface area contributed by atoms with E-state index in [9.17, 15) is 13.2 Å². The molecular weight excluding hydrogens is 364 g/mol. The summed E-state index contributed by atoms with van der Waals surface area (Å²) in [5, 5.41) is 0. The molecular formula is C20H22N2O4S. The lowest BCUT2D eigenvalue weighted by Crippen LogP contribution is -2.25. The molecule has 0 bridgehead atoms. The van der Waals surface area contributed by atoms with E-state index in [4.69, 9.17) is 4.74 Å². The van der Waals surface area contributed by atoms with Gasteiger partial charge in [-0.1, -0.05) is 13.0 Å². The average molecular weight is 386 g/mol. The Labute approximate surface area is 159 Å².